The van der Waals surface area contributed by atoms with Crippen molar-refractivity contribution < 1.29 is 24.2 Å². The van der Waals surface area contributed by atoms with Gasteiger partial charge in [-0.3, -0.25) is 9.59 Å². The Bertz CT molecular complexity index is 1200. The van der Waals surface area contributed by atoms with Gasteiger partial charge in [-0.1, -0.05) is 194 Å². The van der Waals surface area contributed by atoms with Crippen molar-refractivity contribution in [3.05, 3.63) is 109 Å². The van der Waals surface area contributed by atoms with E-state index >= 15 is 0 Å². The molecule has 0 radical (unpaired) electrons. The fraction of sp³-hybridized carbons (Fsp3) is 0.630. The topological polar surface area (TPSA) is 72.8 Å². The maximum atomic E-state index is 12.2. The first-order valence-corrected chi connectivity index (χ1v) is 23.9. The second-order valence-corrected chi connectivity index (χ2v) is 15.4. The highest BCUT2D eigenvalue weighted by molar-refractivity contribution is 5.70. The number of carbonyl (C=O) groups is 2. The van der Waals surface area contributed by atoms with Crippen molar-refractivity contribution in [3.8, 4) is 0 Å². The molecule has 0 amide bonds. The first-order chi connectivity index (χ1) is 29.1. The fourth-order valence-corrected chi connectivity index (χ4v) is 6.21. The minimum Gasteiger partial charge on any atom is -0.462 e. The van der Waals surface area contributed by atoms with Crippen LogP contribution < -0.4 is 0 Å². The molecule has 0 heterocycles. The minimum atomic E-state index is -0.785. The largest absolute Gasteiger partial charge is 0.462 e. The van der Waals surface area contributed by atoms with E-state index in [0.717, 1.165) is 103 Å². The number of esters is 2. The molecule has 0 saturated heterocycles. The molecule has 5 heteroatoms. The molecule has 0 spiro atoms. The Morgan fingerprint density at radius 2 is 0.729 bits per heavy atom. The number of allylic oxidation sites excluding steroid dienone is 18. The molecule has 0 bridgehead atoms. The van der Waals surface area contributed by atoms with Crippen LogP contribution in [0.4, 0.5) is 0 Å². The third-order valence-electron chi connectivity index (χ3n) is 9.80. The van der Waals surface area contributed by atoms with E-state index in [2.05, 4.69) is 123 Å². The molecule has 1 unspecified atom stereocenters. The Morgan fingerprint density at radius 1 is 0.407 bits per heavy atom. The molecule has 0 aliphatic carbocycles. The smallest absolute Gasteiger partial charge is 0.306 e. The Balaban J connectivity index is 3.61. The van der Waals surface area contributed by atoms with Crippen LogP contribution in [-0.4, -0.2) is 36.4 Å². The average Bonchev–Trinajstić information content (AvgIpc) is 3.24. The quantitative estimate of drug-likeness (QED) is 0.0377. The van der Waals surface area contributed by atoms with E-state index in [1.165, 1.54) is 70.6 Å². The minimum absolute atomic E-state index is 0.0791. The van der Waals surface area contributed by atoms with E-state index in [1.807, 2.05) is 0 Å². The van der Waals surface area contributed by atoms with E-state index in [-0.39, 0.29) is 25.2 Å². The van der Waals surface area contributed by atoms with Crippen molar-refractivity contribution in [1.82, 2.24) is 0 Å². The molecule has 0 aromatic rings. The van der Waals surface area contributed by atoms with Crippen LogP contribution in [0.25, 0.3) is 0 Å². The molecule has 0 aliphatic rings. The van der Waals surface area contributed by atoms with E-state index < -0.39 is 6.10 Å². The normalized spacial score (nSPS) is 13.2. The van der Waals surface area contributed by atoms with Crippen molar-refractivity contribution >= 4 is 11.9 Å². The third kappa shape index (κ3) is 47.1. The van der Waals surface area contributed by atoms with Gasteiger partial charge < -0.3 is 14.6 Å². The van der Waals surface area contributed by atoms with Gasteiger partial charge in [0.15, 0.2) is 6.10 Å². The molecule has 59 heavy (non-hydrogen) atoms. The number of rotatable bonds is 42. The highest BCUT2D eigenvalue weighted by Crippen LogP contribution is 2.13. The van der Waals surface area contributed by atoms with Gasteiger partial charge in [-0.2, -0.15) is 0 Å². The summed E-state index contributed by atoms with van der Waals surface area (Å²) in [5.41, 5.74) is 0. The second kappa shape index (κ2) is 48.9. The first-order valence-electron chi connectivity index (χ1n) is 23.9. The summed E-state index contributed by atoms with van der Waals surface area (Å²) in [7, 11) is 0. The van der Waals surface area contributed by atoms with E-state index in [9.17, 15) is 14.7 Å². The maximum absolute atomic E-state index is 12.2. The lowest BCUT2D eigenvalue weighted by atomic mass is 10.1. The van der Waals surface area contributed by atoms with Crippen molar-refractivity contribution in [2.75, 3.05) is 13.2 Å². The summed E-state index contributed by atoms with van der Waals surface area (Å²) in [5, 5.41) is 9.58. The van der Waals surface area contributed by atoms with Crippen LogP contribution in [0.15, 0.2) is 109 Å². The second-order valence-electron chi connectivity index (χ2n) is 15.4. The number of unbranched alkanes of at least 4 members (excludes halogenated alkanes) is 16. The monoisotopic (exact) mass is 817 g/mol. The van der Waals surface area contributed by atoms with Crippen LogP contribution in [-0.2, 0) is 19.1 Å². The van der Waals surface area contributed by atoms with Crippen LogP contribution in [0, 0.1) is 0 Å². The van der Waals surface area contributed by atoms with Crippen molar-refractivity contribution in [3.63, 3.8) is 0 Å². The zero-order valence-corrected chi connectivity index (χ0v) is 38.0. The number of aliphatic hydroxyl groups excluding tert-OH is 1. The van der Waals surface area contributed by atoms with E-state index in [1.54, 1.807) is 0 Å². The number of ether oxygens (including phenoxy) is 2. The van der Waals surface area contributed by atoms with E-state index in [0.29, 0.717) is 12.8 Å². The molecular weight excluding hydrogens is 729 g/mol. The van der Waals surface area contributed by atoms with Crippen molar-refractivity contribution in [2.45, 2.75) is 206 Å². The SMILES string of the molecule is CC/C=C\C/C=C\C/C=C\C/C=C\C/C=C\C/C=C\C/C=C\C/C=C\CCCCCCCCCCC(=O)OC(CO)COC(=O)CCCCCCC/C=C\CCCCC. The first kappa shape index (κ1) is 55.6. The lowest BCUT2D eigenvalue weighted by Gasteiger charge is -2.15. The van der Waals surface area contributed by atoms with Gasteiger partial charge in [0.1, 0.15) is 6.61 Å². The van der Waals surface area contributed by atoms with Crippen LogP contribution >= 0.6 is 0 Å². The van der Waals surface area contributed by atoms with Gasteiger partial charge in [-0.25, -0.2) is 0 Å². The van der Waals surface area contributed by atoms with Crippen molar-refractivity contribution in [2.24, 2.45) is 0 Å². The lowest BCUT2D eigenvalue weighted by Crippen LogP contribution is -2.28. The molecule has 334 valence electrons. The van der Waals surface area contributed by atoms with Crippen LogP contribution in [0.5, 0.6) is 0 Å². The van der Waals surface area contributed by atoms with Gasteiger partial charge in [0, 0.05) is 12.8 Å². The van der Waals surface area contributed by atoms with Gasteiger partial charge in [0.2, 0.25) is 0 Å². The summed E-state index contributed by atoms with van der Waals surface area (Å²) in [4.78, 5) is 24.3. The summed E-state index contributed by atoms with van der Waals surface area (Å²) < 4.78 is 10.6. The Labute approximate surface area is 363 Å². The summed E-state index contributed by atoms with van der Waals surface area (Å²) >= 11 is 0. The van der Waals surface area contributed by atoms with Gasteiger partial charge in [0.25, 0.3) is 0 Å². The maximum Gasteiger partial charge on any atom is 0.306 e. The predicted octanol–water partition coefficient (Wildman–Crippen LogP) is 15.8. The molecule has 0 aromatic carbocycles. The standard InChI is InChI=1S/C54H88O5/c1-3-5-7-9-11-13-15-17-18-19-20-21-22-23-24-25-26-27-28-29-30-31-32-33-34-35-36-37-39-41-43-45-47-49-54(57)59-52(50-55)51-58-53(56)48-46-44-42-40-38-16-14-12-10-8-6-4-2/h5,7,11-14,17-18,20-21,23-24,26-27,29-30,32-33,52,55H,3-4,6,8-10,15-16,19,22,25,28,31,34-51H2,1-2H3/b7-5-,13-11-,14-12-,18-17-,21-20-,24-23-,27-26-,30-29-,33-32-. The van der Waals surface area contributed by atoms with Gasteiger partial charge >= 0.3 is 11.9 Å². The van der Waals surface area contributed by atoms with Crippen LogP contribution in [0.2, 0.25) is 0 Å². The molecule has 0 rings (SSSR count). The number of aliphatic hydroxyl groups is 1. The van der Waals surface area contributed by atoms with Gasteiger partial charge in [0.05, 0.1) is 6.61 Å². The third-order valence-corrected chi connectivity index (χ3v) is 9.80. The fourth-order valence-electron chi connectivity index (χ4n) is 6.21. The molecule has 0 aliphatic heterocycles. The van der Waals surface area contributed by atoms with Gasteiger partial charge in [-0.05, 0) is 103 Å². The predicted molar refractivity (Wildman–Crippen MR) is 255 cm³/mol. The molecule has 0 saturated carbocycles. The Hall–Kier alpha value is -3.44. The lowest BCUT2D eigenvalue weighted by molar-refractivity contribution is -0.161. The highest BCUT2D eigenvalue weighted by atomic mass is 16.6. The van der Waals surface area contributed by atoms with Gasteiger partial charge in [-0.15, -0.1) is 0 Å². The summed E-state index contributed by atoms with van der Waals surface area (Å²) in [6.07, 6.45) is 70.3. The number of carbonyl (C=O) groups excluding carboxylic acids is 2. The Kier molecular flexibility index (Phi) is 46.1. The summed E-state index contributed by atoms with van der Waals surface area (Å²) in [6, 6.07) is 0. The Morgan fingerprint density at radius 3 is 1.12 bits per heavy atom. The summed E-state index contributed by atoms with van der Waals surface area (Å²) in [5.74, 6) is -0.619. The molecule has 0 fully saturated rings. The van der Waals surface area contributed by atoms with Crippen LogP contribution in [0.3, 0.4) is 0 Å². The molecular formula is C54H88O5. The molecule has 5 nitrogen and oxygen atoms in total. The average molecular weight is 817 g/mol. The summed E-state index contributed by atoms with van der Waals surface area (Å²) in [6.45, 7) is 3.97. The number of hydrogen-bond donors (Lipinski definition) is 1. The molecule has 1 atom stereocenters. The molecule has 0 aromatic heterocycles. The zero-order chi connectivity index (χ0) is 42.8. The van der Waals surface area contributed by atoms with Crippen LogP contribution in [0.1, 0.15) is 200 Å². The van der Waals surface area contributed by atoms with Crippen molar-refractivity contribution in [1.29, 1.82) is 0 Å². The molecule has 1 N–H and O–H groups in total. The number of hydrogen-bond acceptors (Lipinski definition) is 5. The van der Waals surface area contributed by atoms with E-state index in [4.69, 9.17) is 9.47 Å². The zero-order valence-electron chi connectivity index (χ0n) is 38.0. The highest BCUT2D eigenvalue weighted by Gasteiger charge is 2.16.